The van der Waals surface area contributed by atoms with Gasteiger partial charge in [0.2, 0.25) is 5.88 Å². The second-order valence-corrected chi connectivity index (χ2v) is 5.45. The van der Waals surface area contributed by atoms with E-state index < -0.39 is 36.5 Å². The van der Waals surface area contributed by atoms with Crippen LogP contribution in [0.1, 0.15) is 6.92 Å². The van der Waals surface area contributed by atoms with Crippen molar-refractivity contribution in [3.63, 3.8) is 0 Å². The summed E-state index contributed by atoms with van der Waals surface area (Å²) in [5.74, 6) is -2.52. The highest BCUT2D eigenvalue weighted by molar-refractivity contribution is 5.88. The molecule has 2 amide bonds. The zero-order chi connectivity index (χ0) is 20.9. The summed E-state index contributed by atoms with van der Waals surface area (Å²) in [4.78, 5) is 20.3. The van der Waals surface area contributed by atoms with Crippen LogP contribution in [0.5, 0.6) is 11.6 Å². The number of nitrogens with one attached hydrogen (secondary N) is 1. The number of alkyl halides is 3. The maximum atomic E-state index is 13.2. The van der Waals surface area contributed by atoms with Crippen molar-refractivity contribution in [2.45, 2.75) is 19.2 Å². The number of hydrogen-bond donors (Lipinski definition) is 2. The summed E-state index contributed by atoms with van der Waals surface area (Å²) in [6.45, 7) is 0.359. The Morgan fingerprint density at radius 3 is 2.57 bits per heavy atom. The van der Waals surface area contributed by atoms with Crippen LogP contribution in [0.4, 0.5) is 32.6 Å². The lowest BCUT2D eigenvalue weighted by atomic mass is 10.3. The van der Waals surface area contributed by atoms with Crippen LogP contribution in [-0.2, 0) is 0 Å². The number of carbonyl (C=O) groups excluding carboxylic acids is 1. The molecule has 1 atom stereocenters. The van der Waals surface area contributed by atoms with E-state index >= 15 is 0 Å². The predicted molar refractivity (Wildman–Crippen MR) is 86.8 cm³/mol. The number of nitrogens with zero attached hydrogens (tertiary/aromatic N) is 3. The number of aliphatic hydroxyl groups is 1. The molecule has 0 aliphatic heterocycles. The Labute approximate surface area is 155 Å². The van der Waals surface area contributed by atoms with Gasteiger partial charge in [0.05, 0.1) is 6.54 Å². The summed E-state index contributed by atoms with van der Waals surface area (Å²) in [5, 5.41) is 11.3. The van der Waals surface area contributed by atoms with Gasteiger partial charge in [-0.05, 0) is 19.1 Å². The van der Waals surface area contributed by atoms with Gasteiger partial charge in [-0.3, -0.25) is 5.32 Å². The van der Waals surface area contributed by atoms with Crippen LogP contribution in [0, 0.1) is 11.6 Å². The molecule has 0 aliphatic carbocycles. The number of ether oxygens (including phenoxy) is 1. The number of aliphatic hydroxyl groups excluding tert-OH is 1. The van der Waals surface area contributed by atoms with Gasteiger partial charge in [0.15, 0.2) is 17.7 Å². The molecule has 152 valence electrons. The molecule has 0 bridgehead atoms. The number of halogens is 5. The molecule has 1 heterocycles. The zero-order valence-electron chi connectivity index (χ0n) is 14.4. The number of carbonyl (C=O) groups is 1. The number of anilines is 1. The molecule has 0 saturated heterocycles. The normalized spacial score (nSPS) is 12.4. The zero-order valence-corrected chi connectivity index (χ0v) is 14.4. The monoisotopic (exact) mass is 406 g/mol. The van der Waals surface area contributed by atoms with Crippen molar-refractivity contribution in [1.82, 2.24) is 14.9 Å². The van der Waals surface area contributed by atoms with Crippen molar-refractivity contribution in [3.05, 3.63) is 42.2 Å². The Balaban J connectivity index is 2.06. The number of urea groups is 1. The molecule has 2 rings (SSSR count). The molecule has 2 aromatic rings. The Bertz CT molecular complexity index is 834. The molecule has 7 nitrogen and oxygen atoms in total. The van der Waals surface area contributed by atoms with Gasteiger partial charge in [0, 0.05) is 18.7 Å². The number of benzene rings is 1. The van der Waals surface area contributed by atoms with Crippen molar-refractivity contribution in [1.29, 1.82) is 0 Å². The van der Waals surface area contributed by atoms with E-state index in [9.17, 15) is 26.7 Å². The maximum Gasteiger partial charge on any atom is 0.416 e. The van der Waals surface area contributed by atoms with Gasteiger partial charge < -0.3 is 14.7 Å². The lowest BCUT2D eigenvalue weighted by molar-refractivity contribution is -0.206. The van der Waals surface area contributed by atoms with Crippen LogP contribution < -0.4 is 10.1 Å². The Morgan fingerprint density at radius 2 is 1.96 bits per heavy atom. The molecule has 28 heavy (non-hydrogen) atoms. The molecule has 0 spiro atoms. The first-order valence-electron chi connectivity index (χ1n) is 7.85. The summed E-state index contributed by atoms with van der Waals surface area (Å²) in [6.07, 6.45) is -6.57. The number of amides is 2. The van der Waals surface area contributed by atoms with E-state index in [1.807, 2.05) is 0 Å². The summed E-state index contributed by atoms with van der Waals surface area (Å²) < 4.78 is 68.7. The standard InChI is InChI=1S/C16H15F5N4O3/c1-2-25(7-12(26)16(19,20)21)15(27)24-13-6-14(23-8-22-13)28-9-3-4-10(17)11(18)5-9/h3-6,8,12,26H,2,7H2,1H3,(H,22,23,24,27)/t12-/m1/s1. The number of aromatic nitrogens is 2. The molecule has 0 radical (unpaired) electrons. The van der Waals surface area contributed by atoms with Crippen molar-refractivity contribution in [2.75, 3.05) is 18.4 Å². The number of hydrogen-bond acceptors (Lipinski definition) is 5. The molecule has 2 N–H and O–H groups in total. The van der Waals surface area contributed by atoms with E-state index in [-0.39, 0.29) is 24.0 Å². The van der Waals surface area contributed by atoms with Crippen molar-refractivity contribution < 1.29 is 36.6 Å². The van der Waals surface area contributed by atoms with Crippen LogP contribution in [-0.4, -0.2) is 51.4 Å². The second kappa shape index (κ2) is 8.78. The topological polar surface area (TPSA) is 87.6 Å². The summed E-state index contributed by atoms with van der Waals surface area (Å²) in [7, 11) is 0. The van der Waals surface area contributed by atoms with Gasteiger partial charge in [-0.15, -0.1) is 0 Å². The Morgan fingerprint density at radius 1 is 1.25 bits per heavy atom. The SMILES string of the molecule is CCN(C[C@@H](O)C(F)(F)F)C(=O)Nc1cc(Oc2ccc(F)c(F)c2)ncn1. The lowest BCUT2D eigenvalue weighted by Gasteiger charge is -2.25. The van der Waals surface area contributed by atoms with Gasteiger partial charge >= 0.3 is 12.2 Å². The maximum absolute atomic E-state index is 13.2. The highest BCUT2D eigenvalue weighted by Crippen LogP contribution is 2.23. The first-order chi connectivity index (χ1) is 13.1. The molecular formula is C16H15F5N4O3. The Kier molecular flexibility index (Phi) is 6.67. The Hall–Kier alpha value is -3.02. The average molecular weight is 406 g/mol. The van der Waals surface area contributed by atoms with Gasteiger partial charge in [-0.2, -0.15) is 13.2 Å². The minimum absolute atomic E-state index is 0.0710. The summed E-state index contributed by atoms with van der Waals surface area (Å²) >= 11 is 0. The molecule has 1 aromatic heterocycles. The van der Waals surface area contributed by atoms with E-state index in [1.54, 1.807) is 0 Å². The van der Waals surface area contributed by atoms with Crippen LogP contribution in [0.15, 0.2) is 30.6 Å². The third kappa shape index (κ3) is 5.74. The van der Waals surface area contributed by atoms with Gasteiger partial charge in [0.25, 0.3) is 0 Å². The molecular weight excluding hydrogens is 391 g/mol. The van der Waals surface area contributed by atoms with Crippen molar-refractivity contribution in [2.24, 2.45) is 0 Å². The first-order valence-corrected chi connectivity index (χ1v) is 7.85. The average Bonchev–Trinajstić information content (AvgIpc) is 2.62. The van der Waals surface area contributed by atoms with E-state index in [1.165, 1.54) is 6.92 Å². The number of rotatable bonds is 6. The van der Waals surface area contributed by atoms with E-state index in [0.717, 1.165) is 35.5 Å². The van der Waals surface area contributed by atoms with Gasteiger partial charge in [-0.25, -0.2) is 23.5 Å². The van der Waals surface area contributed by atoms with E-state index in [4.69, 9.17) is 9.84 Å². The second-order valence-electron chi connectivity index (χ2n) is 5.45. The highest BCUT2D eigenvalue weighted by atomic mass is 19.4. The smallest absolute Gasteiger partial charge is 0.416 e. The predicted octanol–water partition coefficient (Wildman–Crippen LogP) is 3.32. The summed E-state index contributed by atoms with van der Waals surface area (Å²) in [5.41, 5.74) is 0. The molecule has 1 aromatic carbocycles. The highest BCUT2D eigenvalue weighted by Gasteiger charge is 2.39. The third-order valence-electron chi connectivity index (χ3n) is 3.43. The van der Waals surface area contributed by atoms with E-state index in [0.29, 0.717) is 0 Å². The van der Waals surface area contributed by atoms with Crippen LogP contribution in [0.3, 0.4) is 0 Å². The molecule has 0 unspecified atom stereocenters. The largest absolute Gasteiger partial charge is 0.439 e. The minimum Gasteiger partial charge on any atom is -0.439 e. The molecule has 12 heteroatoms. The minimum atomic E-state index is -4.87. The van der Waals surface area contributed by atoms with Gasteiger partial charge in [0.1, 0.15) is 17.9 Å². The van der Waals surface area contributed by atoms with Crippen LogP contribution in [0.25, 0.3) is 0 Å². The number of likely N-dealkylation sites (N-methyl/N-ethyl adjacent to an activating group) is 1. The fourth-order valence-corrected chi connectivity index (χ4v) is 1.98. The first kappa shape index (κ1) is 21.3. The molecule has 0 saturated carbocycles. The van der Waals surface area contributed by atoms with Crippen molar-refractivity contribution >= 4 is 11.8 Å². The third-order valence-corrected chi connectivity index (χ3v) is 3.43. The van der Waals surface area contributed by atoms with Gasteiger partial charge in [-0.1, -0.05) is 0 Å². The molecule has 0 aliphatic rings. The fourth-order valence-electron chi connectivity index (χ4n) is 1.98. The van der Waals surface area contributed by atoms with Crippen LogP contribution in [0.2, 0.25) is 0 Å². The quantitative estimate of drug-likeness (QED) is 0.719. The summed E-state index contributed by atoms with van der Waals surface area (Å²) in [6, 6.07) is 2.97. The molecule has 0 fully saturated rings. The van der Waals surface area contributed by atoms with Crippen molar-refractivity contribution in [3.8, 4) is 11.6 Å². The lowest BCUT2D eigenvalue weighted by Crippen LogP contribution is -2.45. The fraction of sp³-hybridized carbons (Fsp3) is 0.312. The van der Waals surface area contributed by atoms with E-state index in [2.05, 4.69) is 15.3 Å². The van der Waals surface area contributed by atoms with Crippen LogP contribution >= 0.6 is 0 Å².